The predicted octanol–water partition coefficient (Wildman–Crippen LogP) is -7.01. The third-order valence-electron chi connectivity index (χ3n) is 1.66. The van der Waals surface area contributed by atoms with Crippen molar-refractivity contribution in [1.82, 2.24) is 0 Å². The van der Waals surface area contributed by atoms with E-state index >= 15 is 0 Å². The predicted molar refractivity (Wildman–Crippen MR) is 61.0 cm³/mol. The van der Waals surface area contributed by atoms with E-state index in [1.165, 1.54) is 0 Å². The number of carbonyl (C=O) groups excluding carboxylic acids is 1. The zero-order valence-corrected chi connectivity index (χ0v) is 17.6. The fourth-order valence-corrected chi connectivity index (χ4v) is 1.14. The van der Waals surface area contributed by atoms with Gasteiger partial charge in [0.25, 0.3) is 0 Å². The third kappa shape index (κ3) is 21.2. The van der Waals surface area contributed by atoms with Gasteiger partial charge in [-0.25, -0.2) is 4.79 Å². The topological polar surface area (TPSA) is 117 Å². The molecule has 0 saturated heterocycles. The minimum atomic E-state index is -4.92. The van der Waals surface area contributed by atoms with Crippen LogP contribution in [0.25, 0.3) is 0 Å². The number of hydrogen-bond donors (Lipinski definition) is 0. The molecular formula is C10H17Na2O8P. The van der Waals surface area contributed by atoms with Crippen LogP contribution in [-0.2, 0) is 28.1 Å². The van der Waals surface area contributed by atoms with Crippen LogP contribution in [0.2, 0.25) is 0 Å². The summed E-state index contributed by atoms with van der Waals surface area (Å²) in [5.41, 5.74) is 0.317. The number of rotatable bonds is 11. The number of ether oxygens (including phenoxy) is 3. The Balaban J connectivity index is -0.00000162. The van der Waals surface area contributed by atoms with Gasteiger partial charge in [-0.2, -0.15) is 0 Å². The van der Waals surface area contributed by atoms with Crippen LogP contribution in [0, 0.1) is 0 Å². The fourth-order valence-electron chi connectivity index (χ4n) is 0.846. The molecule has 0 spiro atoms. The summed E-state index contributed by atoms with van der Waals surface area (Å²) in [6.07, 6.45) is 0. The summed E-state index contributed by atoms with van der Waals surface area (Å²) < 4.78 is 28.7. The van der Waals surface area contributed by atoms with Gasteiger partial charge in [0, 0.05) is 5.57 Å². The molecule has 0 amide bonds. The van der Waals surface area contributed by atoms with Crippen molar-refractivity contribution in [3.05, 3.63) is 12.2 Å². The first-order valence-electron chi connectivity index (χ1n) is 5.47. The van der Waals surface area contributed by atoms with Crippen LogP contribution >= 0.6 is 7.82 Å². The van der Waals surface area contributed by atoms with E-state index in [1.54, 1.807) is 6.92 Å². The standard InChI is InChI=1S/C10H19O8P.2Na/c1-9(2)10(11)17-7-5-15-3-4-16-6-8-18-19(12,13)14;;/h1,3-8H2,2H3,(H2,12,13,14);;/q;2*+1/p-2. The van der Waals surface area contributed by atoms with Crippen LogP contribution in [0.5, 0.6) is 0 Å². The molecule has 0 aromatic rings. The summed E-state index contributed by atoms with van der Waals surface area (Å²) in [5.74, 6) is -0.475. The molecule has 0 unspecified atom stereocenters. The Morgan fingerprint density at radius 2 is 1.43 bits per heavy atom. The second kappa shape index (κ2) is 16.1. The Labute approximate surface area is 168 Å². The molecule has 0 N–H and O–H groups in total. The van der Waals surface area contributed by atoms with Crippen molar-refractivity contribution in [1.29, 1.82) is 0 Å². The van der Waals surface area contributed by atoms with Crippen LogP contribution in [0.15, 0.2) is 12.2 Å². The van der Waals surface area contributed by atoms with E-state index in [0.717, 1.165) is 0 Å². The van der Waals surface area contributed by atoms with E-state index in [1.807, 2.05) is 0 Å². The summed E-state index contributed by atoms with van der Waals surface area (Å²) in [6, 6.07) is 0. The van der Waals surface area contributed by atoms with Gasteiger partial charge in [0.2, 0.25) is 0 Å². The normalized spacial score (nSPS) is 10.2. The molecule has 112 valence electrons. The van der Waals surface area contributed by atoms with Gasteiger partial charge in [0.05, 0.1) is 40.9 Å². The minimum Gasteiger partial charge on any atom is -0.790 e. The van der Waals surface area contributed by atoms with Gasteiger partial charge in [-0.05, 0) is 6.92 Å². The molecule has 0 rings (SSSR count). The second-order valence-corrected chi connectivity index (χ2v) is 4.57. The van der Waals surface area contributed by atoms with Crippen molar-refractivity contribution < 1.29 is 97.0 Å². The van der Waals surface area contributed by atoms with Crippen molar-refractivity contribution in [3.8, 4) is 0 Å². The quantitative estimate of drug-likeness (QED) is 0.120. The maximum Gasteiger partial charge on any atom is 1.00 e. The van der Waals surface area contributed by atoms with Crippen LogP contribution < -0.4 is 68.9 Å². The largest absolute Gasteiger partial charge is 1.00 e. The van der Waals surface area contributed by atoms with Crippen LogP contribution in [0.3, 0.4) is 0 Å². The molecule has 11 heteroatoms. The molecule has 0 aromatic carbocycles. The van der Waals surface area contributed by atoms with Gasteiger partial charge in [0.15, 0.2) is 0 Å². The number of carbonyl (C=O) groups is 1. The molecule has 0 aliphatic carbocycles. The Bertz CT molecular complexity index is 333. The zero-order chi connectivity index (χ0) is 14.7. The van der Waals surface area contributed by atoms with E-state index in [9.17, 15) is 19.1 Å². The Hall–Kier alpha value is 1.24. The molecule has 0 heterocycles. The molecule has 0 aliphatic rings. The Kier molecular flexibility index (Phi) is 20.8. The summed E-state index contributed by atoms with van der Waals surface area (Å²) in [5, 5.41) is 0. The Morgan fingerprint density at radius 3 is 1.86 bits per heavy atom. The van der Waals surface area contributed by atoms with Crippen LogP contribution in [0.4, 0.5) is 0 Å². The van der Waals surface area contributed by atoms with Crippen molar-refractivity contribution in [3.63, 3.8) is 0 Å². The first-order valence-corrected chi connectivity index (χ1v) is 6.93. The smallest absolute Gasteiger partial charge is 0.790 e. The maximum atomic E-state index is 10.9. The summed E-state index contributed by atoms with van der Waals surface area (Å²) in [7, 11) is -4.92. The third-order valence-corrected chi connectivity index (χ3v) is 2.16. The monoisotopic (exact) mass is 342 g/mol. The average molecular weight is 342 g/mol. The van der Waals surface area contributed by atoms with E-state index in [0.29, 0.717) is 5.57 Å². The summed E-state index contributed by atoms with van der Waals surface area (Å²) in [6.45, 7) is 5.40. The maximum absolute atomic E-state index is 10.9. The number of hydrogen-bond acceptors (Lipinski definition) is 8. The van der Waals surface area contributed by atoms with Gasteiger partial charge in [0.1, 0.15) is 6.61 Å². The second-order valence-electron chi connectivity index (χ2n) is 3.42. The van der Waals surface area contributed by atoms with Crippen molar-refractivity contribution in [2.24, 2.45) is 0 Å². The first kappa shape index (κ1) is 27.1. The molecule has 0 fully saturated rings. The summed E-state index contributed by atoms with van der Waals surface area (Å²) in [4.78, 5) is 31.1. The van der Waals surface area contributed by atoms with Crippen LogP contribution in [-0.4, -0.2) is 45.6 Å². The van der Waals surface area contributed by atoms with Gasteiger partial charge < -0.3 is 33.1 Å². The van der Waals surface area contributed by atoms with Crippen molar-refractivity contribution >= 4 is 13.8 Å². The van der Waals surface area contributed by atoms with Crippen molar-refractivity contribution in [2.45, 2.75) is 6.92 Å². The molecule has 0 radical (unpaired) electrons. The Morgan fingerprint density at radius 1 is 1.00 bits per heavy atom. The van der Waals surface area contributed by atoms with Crippen molar-refractivity contribution in [2.75, 3.05) is 39.6 Å². The molecule has 0 aliphatic heterocycles. The number of esters is 1. The first-order chi connectivity index (χ1) is 8.83. The molecule has 21 heavy (non-hydrogen) atoms. The zero-order valence-electron chi connectivity index (χ0n) is 12.7. The average Bonchev–Trinajstić information content (AvgIpc) is 2.29. The fraction of sp³-hybridized carbons (Fsp3) is 0.700. The molecule has 0 atom stereocenters. The van der Waals surface area contributed by atoms with Gasteiger partial charge in [-0.3, -0.25) is 0 Å². The molecular weight excluding hydrogens is 325 g/mol. The molecule has 0 aromatic heterocycles. The van der Waals surface area contributed by atoms with E-state index in [2.05, 4.69) is 11.1 Å². The SMILES string of the molecule is C=C(C)C(=O)OCCOCCOCCOP(=O)([O-])[O-].[Na+].[Na+]. The van der Waals surface area contributed by atoms with E-state index < -0.39 is 13.8 Å². The van der Waals surface area contributed by atoms with Gasteiger partial charge in [-0.15, -0.1) is 0 Å². The number of phosphoric acid groups is 1. The van der Waals surface area contributed by atoms with Crippen LogP contribution in [0.1, 0.15) is 6.92 Å². The summed E-state index contributed by atoms with van der Waals surface area (Å²) >= 11 is 0. The van der Waals surface area contributed by atoms with E-state index in [4.69, 9.17) is 14.2 Å². The van der Waals surface area contributed by atoms with Gasteiger partial charge >= 0.3 is 65.1 Å². The molecule has 0 bridgehead atoms. The molecule has 0 saturated carbocycles. The molecule has 8 nitrogen and oxygen atoms in total. The minimum absolute atomic E-state index is 0. The van der Waals surface area contributed by atoms with Gasteiger partial charge in [-0.1, -0.05) is 6.58 Å². The number of phosphoric ester groups is 1. The van der Waals surface area contributed by atoms with E-state index in [-0.39, 0.29) is 98.8 Å².